The van der Waals surface area contributed by atoms with E-state index in [1.165, 1.54) is 6.07 Å². The lowest BCUT2D eigenvalue weighted by Crippen LogP contribution is -2.26. The maximum atomic E-state index is 14.6. The molecule has 2 nitrogen and oxygen atoms in total. The Morgan fingerprint density at radius 2 is 1.76 bits per heavy atom. The lowest BCUT2D eigenvalue weighted by atomic mass is 9.73. The topological polar surface area (TPSA) is 17.3 Å². The first-order chi connectivity index (χ1) is 11.8. The molecule has 3 aromatic rings. The number of benzene rings is 1. The molecule has 0 amide bonds. The summed E-state index contributed by atoms with van der Waals surface area (Å²) < 4.78 is 30.3. The molecule has 25 heavy (non-hydrogen) atoms. The zero-order valence-corrected chi connectivity index (χ0v) is 15.8. The number of nitrogens with zero attached hydrogens (tertiary/aromatic N) is 2. The molecule has 0 atom stereocenters. The van der Waals surface area contributed by atoms with Gasteiger partial charge in [-0.05, 0) is 35.1 Å². The maximum Gasteiger partial charge on any atom is 0.137 e. The first-order valence-corrected chi connectivity index (χ1v) is 8.74. The summed E-state index contributed by atoms with van der Waals surface area (Å²) in [6.07, 6.45) is 3.64. The van der Waals surface area contributed by atoms with Crippen LogP contribution in [0.5, 0.6) is 0 Å². The van der Waals surface area contributed by atoms with E-state index in [4.69, 9.17) is 0 Å². The first kappa shape index (κ1) is 19.1. The smallest absolute Gasteiger partial charge is 0.137 e. The number of hydrogen-bond donors (Lipinski definition) is 0. The third-order valence-electron chi connectivity index (χ3n) is 4.81. The van der Waals surface area contributed by atoms with Gasteiger partial charge in [-0.2, -0.15) is 0 Å². The Balaban J connectivity index is 0.00000109. The molecule has 0 unspecified atom stereocenters. The minimum atomic E-state index is -0.572. The molecule has 0 N–H and O–H groups in total. The van der Waals surface area contributed by atoms with Crippen molar-refractivity contribution in [2.75, 3.05) is 0 Å². The Hall–Kier alpha value is -2.23. The number of pyridine rings is 1. The molecule has 3 rings (SSSR count). The normalized spacial score (nSPS) is 11.6. The second kappa shape index (κ2) is 7.34. The van der Waals surface area contributed by atoms with Gasteiger partial charge in [-0.1, -0.05) is 47.6 Å². The second-order valence-corrected chi connectivity index (χ2v) is 6.78. The highest BCUT2D eigenvalue weighted by atomic mass is 19.1. The molecule has 2 aromatic heterocycles. The van der Waals surface area contributed by atoms with Gasteiger partial charge >= 0.3 is 0 Å². The van der Waals surface area contributed by atoms with Crippen molar-refractivity contribution in [3.63, 3.8) is 0 Å². The average molecular weight is 344 g/mol. The van der Waals surface area contributed by atoms with Crippen molar-refractivity contribution in [1.82, 2.24) is 9.38 Å². The van der Waals surface area contributed by atoms with E-state index in [-0.39, 0.29) is 11.3 Å². The highest BCUT2D eigenvalue weighted by molar-refractivity contribution is 5.68. The number of rotatable bonds is 3. The Kier molecular flexibility index (Phi) is 5.61. The Morgan fingerprint density at radius 3 is 2.36 bits per heavy atom. The second-order valence-electron chi connectivity index (χ2n) is 6.78. The molecule has 0 bridgehead atoms. The molecular formula is C21H26F2N2. The van der Waals surface area contributed by atoms with Gasteiger partial charge in [0.2, 0.25) is 0 Å². The van der Waals surface area contributed by atoms with Crippen molar-refractivity contribution < 1.29 is 8.78 Å². The van der Waals surface area contributed by atoms with Gasteiger partial charge in [-0.3, -0.25) is 0 Å². The van der Waals surface area contributed by atoms with E-state index in [0.717, 1.165) is 11.7 Å². The van der Waals surface area contributed by atoms with Gasteiger partial charge in [0.05, 0.1) is 5.69 Å². The van der Waals surface area contributed by atoms with Gasteiger partial charge in [-0.25, -0.2) is 13.8 Å². The van der Waals surface area contributed by atoms with Crippen LogP contribution in [0.3, 0.4) is 0 Å². The Bertz CT molecular complexity index is 830. The summed E-state index contributed by atoms with van der Waals surface area (Å²) >= 11 is 0. The van der Waals surface area contributed by atoms with Crippen molar-refractivity contribution in [2.45, 2.75) is 47.0 Å². The summed E-state index contributed by atoms with van der Waals surface area (Å²) in [6.45, 7) is 12.1. The predicted octanol–water partition coefficient (Wildman–Crippen LogP) is 6.24. The van der Waals surface area contributed by atoms with Crippen LogP contribution in [0.2, 0.25) is 0 Å². The van der Waals surface area contributed by atoms with Gasteiger partial charge in [-0.15, -0.1) is 0 Å². The molecular weight excluding hydrogens is 318 g/mol. The van der Waals surface area contributed by atoms with Crippen molar-refractivity contribution in [1.29, 1.82) is 0 Å². The van der Waals surface area contributed by atoms with Crippen molar-refractivity contribution >= 4 is 5.65 Å². The zero-order valence-electron chi connectivity index (χ0n) is 15.8. The Morgan fingerprint density at radius 1 is 1.08 bits per heavy atom. The molecule has 1 aromatic carbocycles. The number of hydrogen-bond acceptors (Lipinski definition) is 1. The molecule has 0 aliphatic heterocycles. The minimum Gasteiger partial charge on any atom is -0.306 e. The van der Waals surface area contributed by atoms with Gasteiger partial charge in [0.15, 0.2) is 0 Å². The number of halogens is 2. The van der Waals surface area contributed by atoms with Gasteiger partial charge in [0.1, 0.15) is 17.3 Å². The van der Waals surface area contributed by atoms with Crippen LogP contribution in [0.25, 0.3) is 16.9 Å². The third-order valence-corrected chi connectivity index (χ3v) is 4.81. The summed E-state index contributed by atoms with van der Waals surface area (Å²) in [5.41, 5.74) is 1.91. The van der Waals surface area contributed by atoms with Crippen LogP contribution in [-0.4, -0.2) is 9.38 Å². The average Bonchev–Trinajstić information content (AvgIpc) is 2.99. The fourth-order valence-corrected chi connectivity index (χ4v) is 2.71. The summed E-state index contributed by atoms with van der Waals surface area (Å²) in [7, 11) is 0. The predicted molar refractivity (Wildman–Crippen MR) is 99.8 cm³/mol. The molecule has 2 heterocycles. The molecule has 0 saturated carbocycles. The lowest BCUT2D eigenvalue weighted by Gasteiger charge is -2.32. The van der Waals surface area contributed by atoms with Crippen LogP contribution in [-0.2, 0) is 5.41 Å². The maximum absolute atomic E-state index is 14.6. The van der Waals surface area contributed by atoms with Crippen molar-refractivity contribution in [3.8, 4) is 11.3 Å². The van der Waals surface area contributed by atoms with E-state index < -0.39 is 11.6 Å². The fraction of sp³-hybridized carbons (Fsp3) is 0.381. The SMILES string of the molecule is CC.CC(C)C(C)(C)c1cc(F)cc(F)c1-c1cn2ccccc2n1. The number of aromatic nitrogens is 2. The molecule has 0 fully saturated rings. The summed E-state index contributed by atoms with van der Waals surface area (Å²) in [5, 5.41) is 0. The number of imidazole rings is 1. The summed E-state index contributed by atoms with van der Waals surface area (Å²) in [5.74, 6) is -0.907. The highest BCUT2D eigenvalue weighted by Crippen LogP contribution is 2.39. The largest absolute Gasteiger partial charge is 0.306 e. The van der Waals surface area contributed by atoms with E-state index in [1.807, 2.05) is 56.5 Å². The van der Waals surface area contributed by atoms with Crippen LogP contribution in [0.15, 0.2) is 42.7 Å². The van der Waals surface area contributed by atoms with E-state index in [0.29, 0.717) is 16.8 Å². The fourth-order valence-electron chi connectivity index (χ4n) is 2.71. The summed E-state index contributed by atoms with van der Waals surface area (Å²) in [6, 6.07) is 7.99. The molecule has 0 spiro atoms. The molecule has 0 radical (unpaired) electrons. The molecule has 0 aliphatic carbocycles. The summed E-state index contributed by atoms with van der Waals surface area (Å²) in [4.78, 5) is 4.51. The molecule has 4 heteroatoms. The van der Waals surface area contributed by atoms with Crippen molar-refractivity contribution in [2.24, 2.45) is 5.92 Å². The molecule has 134 valence electrons. The van der Waals surface area contributed by atoms with E-state index in [1.54, 1.807) is 6.20 Å². The lowest BCUT2D eigenvalue weighted by molar-refractivity contribution is 0.369. The van der Waals surface area contributed by atoms with Crippen LogP contribution < -0.4 is 0 Å². The number of fused-ring (bicyclic) bond motifs is 1. The highest BCUT2D eigenvalue weighted by Gasteiger charge is 2.31. The van der Waals surface area contributed by atoms with E-state index in [9.17, 15) is 8.78 Å². The third kappa shape index (κ3) is 3.58. The van der Waals surface area contributed by atoms with Gasteiger partial charge in [0.25, 0.3) is 0 Å². The molecule has 0 aliphatic rings. The van der Waals surface area contributed by atoms with Crippen LogP contribution in [0.4, 0.5) is 8.78 Å². The zero-order chi connectivity index (χ0) is 18.8. The standard InChI is InChI=1S/C19H20F2N2.C2H6/c1-12(2)19(3,4)14-9-13(20)10-15(21)18(14)16-11-23-8-6-5-7-17(23)22-16;1-2/h5-12H,1-4H3;1-2H3. The van der Waals surface area contributed by atoms with Gasteiger partial charge in [0, 0.05) is 24.0 Å². The first-order valence-electron chi connectivity index (χ1n) is 8.74. The quantitative estimate of drug-likeness (QED) is 0.550. The van der Waals surface area contributed by atoms with Crippen molar-refractivity contribution in [3.05, 3.63) is 59.9 Å². The van der Waals surface area contributed by atoms with Gasteiger partial charge < -0.3 is 4.40 Å². The van der Waals surface area contributed by atoms with Crippen LogP contribution in [0.1, 0.15) is 47.1 Å². The van der Waals surface area contributed by atoms with E-state index in [2.05, 4.69) is 18.8 Å². The molecule has 0 saturated heterocycles. The Labute approximate surface area is 148 Å². The van der Waals surface area contributed by atoms with Crippen LogP contribution in [0, 0.1) is 17.6 Å². The minimum absolute atomic E-state index is 0.222. The van der Waals surface area contributed by atoms with Crippen LogP contribution >= 0.6 is 0 Å². The monoisotopic (exact) mass is 344 g/mol. The van der Waals surface area contributed by atoms with E-state index >= 15 is 0 Å².